The number of piperidine rings is 1. The summed E-state index contributed by atoms with van der Waals surface area (Å²) in [5.41, 5.74) is 0.394. The van der Waals surface area contributed by atoms with E-state index in [4.69, 9.17) is 4.74 Å². The van der Waals surface area contributed by atoms with Crippen molar-refractivity contribution in [1.29, 1.82) is 0 Å². The van der Waals surface area contributed by atoms with E-state index < -0.39 is 5.60 Å². The van der Waals surface area contributed by atoms with E-state index in [9.17, 15) is 4.79 Å². The summed E-state index contributed by atoms with van der Waals surface area (Å²) in [6.45, 7) is 8.02. The summed E-state index contributed by atoms with van der Waals surface area (Å²) in [6, 6.07) is 10.3. The van der Waals surface area contributed by atoms with Gasteiger partial charge in [-0.15, -0.1) is 0 Å². The topological polar surface area (TPSA) is 50.4 Å². The number of methoxy groups -OCH3 is 1. The largest absolute Gasteiger partial charge is 0.368 e. The molecule has 0 bridgehead atoms. The first-order valence-corrected chi connectivity index (χ1v) is 8.05. The van der Waals surface area contributed by atoms with Crippen LogP contribution in [0.15, 0.2) is 30.3 Å². The molecule has 1 aliphatic rings. The second kappa shape index (κ2) is 6.80. The van der Waals surface area contributed by atoms with E-state index in [2.05, 4.69) is 43.5 Å². The highest BCUT2D eigenvalue weighted by Crippen LogP contribution is 2.29. The van der Waals surface area contributed by atoms with Crippen LogP contribution in [-0.2, 0) is 14.9 Å². The lowest BCUT2D eigenvalue weighted by atomic mass is 9.78. The van der Waals surface area contributed by atoms with Gasteiger partial charge in [0.2, 0.25) is 0 Å². The zero-order valence-corrected chi connectivity index (χ0v) is 14.1. The Morgan fingerprint density at radius 1 is 1.27 bits per heavy atom. The van der Waals surface area contributed by atoms with Crippen LogP contribution in [0.1, 0.15) is 39.2 Å². The SMILES string of the molecule is COC1(C(=O)NC(C)C(C)(C)c2ccccc2)CCNCC1. The van der Waals surface area contributed by atoms with Crippen LogP contribution in [0.2, 0.25) is 0 Å². The van der Waals surface area contributed by atoms with Gasteiger partial charge < -0.3 is 15.4 Å². The maximum absolute atomic E-state index is 12.8. The number of ether oxygens (including phenoxy) is 1. The van der Waals surface area contributed by atoms with Gasteiger partial charge in [0.15, 0.2) is 0 Å². The molecule has 2 rings (SSSR count). The normalized spacial score (nSPS) is 19.5. The van der Waals surface area contributed by atoms with Gasteiger partial charge in [-0.25, -0.2) is 0 Å². The van der Waals surface area contributed by atoms with Crippen molar-refractivity contribution in [1.82, 2.24) is 10.6 Å². The van der Waals surface area contributed by atoms with E-state index in [-0.39, 0.29) is 17.4 Å². The van der Waals surface area contributed by atoms with Crippen molar-refractivity contribution in [2.75, 3.05) is 20.2 Å². The summed E-state index contributed by atoms with van der Waals surface area (Å²) in [5, 5.41) is 6.47. The lowest BCUT2D eigenvalue weighted by Crippen LogP contribution is -2.58. The van der Waals surface area contributed by atoms with Crippen LogP contribution in [0.3, 0.4) is 0 Å². The van der Waals surface area contributed by atoms with Crippen molar-refractivity contribution < 1.29 is 9.53 Å². The molecule has 1 aromatic rings. The zero-order valence-electron chi connectivity index (χ0n) is 14.1. The summed E-state index contributed by atoms with van der Waals surface area (Å²) in [5.74, 6) is 0.00741. The number of carbonyl (C=O) groups excluding carboxylic acids is 1. The fourth-order valence-electron chi connectivity index (χ4n) is 2.98. The fourth-order valence-corrected chi connectivity index (χ4v) is 2.98. The van der Waals surface area contributed by atoms with Gasteiger partial charge in [0.05, 0.1) is 0 Å². The highest BCUT2D eigenvalue weighted by atomic mass is 16.5. The molecule has 1 aliphatic heterocycles. The van der Waals surface area contributed by atoms with Crippen molar-refractivity contribution in [3.8, 4) is 0 Å². The van der Waals surface area contributed by atoms with Crippen LogP contribution in [0.5, 0.6) is 0 Å². The molecule has 1 unspecified atom stereocenters. The van der Waals surface area contributed by atoms with Crippen molar-refractivity contribution in [3.63, 3.8) is 0 Å². The van der Waals surface area contributed by atoms with Crippen LogP contribution in [0, 0.1) is 0 Å². The van der Waals surface area contributed by atoms with Gasteiger partial charge in [-0.1, -0.05) is 44.2 Å². The molecule has 1 heterocycles. The molecule has 1 atom stereocenters. The lowest BCUT2D eigenvalue weighted by Gasteiger charge is -2.39. The molecule has 1 aromatic carbocycles. The van der Waals surface area contributed by atoms with Crippen molar-refractivity contribution in [3.05, 3.63) is 35.9 Å². The smallest absolute Gasteiger partial charge is 0.252 e. The molecule has 122 valence electrons. The summed E-state index contributed by atoms with van der Waals surface area (Å²) >= 11 is 0. The molecule has 4 heteroatoms. The quantitative estimate of drug-likeness (QED) is 0.877. The van der Waals surface area contributed by atoms with E-state index in [0.29, 0.717) is 12.8 Å². The maximum Gasteiger partial charge on any atom is 0.252 e. The average Bonchev–Trinajstić information content (AvgIpc) is 2.56. The monoisotopic (exact) mass is 304 g/mol. The third-order valence-electron chi connectivity index (χ3n) is 5.16. The van der Waals surface area contributed by atoms with Gasteiger partial charge in [0, 0.05) is 18.6 Å². The standard InChI is InChI=1S/C18H28N2O2/c1-14(17(2,3)15-8-6-5-7-9-15)20-16(21)18(22-4)10-12-19-13-11-18/h5-9,14,19H,10-13H2,1-4H3,(H,20,21). The van der Waals surface area contributed by atoms with Crippen LogP contribution in [-0.4, -0.2) is 37.7 Å². The Morgan fingerprint density at radius 2 is 1.86 bits per heavy atom. The van der Waals surface area contributed by atoms with Gasteiger partial charge in [-0.05, 0) is 38.4 Å². The third kappa shape index (κ3) is 3.33. The third-order valence-corrected chi connectivity index (χ3v) is 5.16. The van der Waals surface area contributed by atoms with E-state index in [1.807, 2.05) is 18.2 Å². The number of carbonyl (C=O) groups is 1. The summed E-state index contributed by atoms with van der Waals surface area (Å²) < 4.78 is 5.61. The number of hydrogen-bond acceptors (Lipinski definition) is 3. The highest BCUT2D eigenvalue weighted by molar-refractivity contribution is 5.85. The van der Waals surface area contributed by atoms with E-state index in [0.717, 1.165) is 13.1 Å². The Hall–Kier alpha value is -1.39. The Labute approximate surface area is 133 Å². The summed E-state index contributed by atoms with van der Waals surface area (Å²) in [6.07, 6.45) is 1.43. The number of amides is 1. The second-order valence-corrected chi connectivity index (χ2v) is 6.73. The molecule has 1 saturated heterocycles. The molecule has 1 amide bonds. The van der Waals surface area contributed by atoms with E-state index in [1.165, 1.54) is 5.56 Å². The average molecular weight is 304 g/mol. The molecule has 22 heavy (non-hydrogen) atoms. The number of benzene rings is 1. The number of nitrogens with one attached hydrogen (secondary N) is 2. The van der Waals surface area contributed by atoms with Crippen LogP contribution >= 0.6 is 0 Å². The van der Waals surface area contributed by atoms with Crippen molar-refractivity contribution in [2.45, 2.75) is 50.7 Å². The molecule has 0 spiro atoms. The molecular formula is C18H28N2O2. The Morgan fingerprint density at radius 3 is 2.41 bits per heavy atom. The fraction of sp³-hybridized carbons (Fsp3) is 0.611. The molecular weight excluding hydrogens is 276 g/mol. The molecule has 1 fully saturated rings. The Balaban J connectivity index is 2.10. The van der Waals surface area contributed by atoms with E-state index >= 15 is 0 Å². The molecule has 0 aromatic heterocycles. The summed E-state index contributed by atoms with van der Waals surface area (Å²) in [7, 11) is 1.64. The van der Waals surface area contributed by atoms with Crippen LogP contribution in [0.4, 0.5) is 0 Å². The summed E-state index contributed by atoms with van der Waals surface area (Å²) in [4.78, 5) is 12.8. The van der Waals surface area contributed by atoms with Gasteiger partial charge in [-0.3, -0.25) is 4.79 Å². The second-order valence-electron chi connectivity index (χ2n) is 6.73. The minimum absolute atomic E-state index is 0.00741. The van der Waals surface area contributed by atoms with Crippen molar-refractivity contribution >= 4 is 5.91 Å². The van der Waals surface area contributed by atoms with Crippen molar-refractivity contribution in [2.24, 2.45) is 0 Å². The van der Waals surface area contributed by atoms with Crippen LogP contribution in [0.25, 0.3) is 0 Å². The molecule has 0 radical (unpaired) electrons. The first kappa shape index (κ1) is 17.0. The Bertz CT molecular complexity index is 493. The first-order valence-electron chi connectivity index (χ1n) is 8.05. The highest BCUT2D eigenvalue weighted by Gasteiger charge is 2.41. The maximum atomic E-state index is 12.8. The van der Waals surface area contributed by atoms with Crippen LogP contribution < -0.4 is 10.6 Å². The lowest BCUT2D eigenvalue weighted by molar-refractivity contribution is -0.147. The minimum atomic E-state index is -0.688. The number of hydrogen-bond donors (Lipinski definition) is 2. The van der Waals surface area contributed by atoms with E-state index in [1.54, 1.807) is 7.11 Å². The number of rotatable bonds is 5. The van der Waals surface area contributed by atoms with Gasteiger partial charge in [0.1, 0.15) is 5.60 Å². The van der Waals surface area contributed by atoms with Gasteiger partial charge >= 0.3 is 0 Å². The zero-order chi connectivity index (χ0) is 16.2. The van der Waals surface area contributed by atoms with Gasteiger partial charge in [-0.2, -0.15) is 0 Å². The molecule has 4 nitrogen and oxygen atoms in total. The van der Waals surface area contributed by atoms with Gasteiger partial charge in [0.25, 0.3) is 5.91 Å². The minimum Gasteiger partial charge on any atom is -0.368 e. The molecule has 2 N–H and O–H groups in total. The molecule has 0 aliphatic carbocycles. The predicted molar refractivity (Wildman–Crippen MR) is 88.9 cm³/mol. The first-order chi connectivity index (χ1) is 10.4. The predicted octanol–water partition coefficient (Wildman–Crippen LogP) is 2.24. The molecule has 0 saturated carbocycles. The Kier molecular flexibility index (Phi) is 5.24.